The monoisotopic (exact) mass is 463 g/mol. The fourth-order valence-electron chi connectivity index (χ4n) is 5.08. The molecule has 1 N–H and O–H groups in total. The number of fused-ring (bicyclic) bond motifs is 1. The Balaban J connectivity index is 1.43. The van der Waals surface area contributed by atoms with E-state index < -0.39 is 0 Å². The molecule has 2 aliphatic rings. The molecule has 1 fully saturated rings. The number of amides is 2. The summed E-state index contributed by atoms with van der Waals surface area (Å²) in [6.07, 6.45) is 2.55. The Morgan fingerprint density at radius 2 is 1.71 bits per heavy atom. The number of rotatable bonds is 5. The second-order valence-corrected chi connectivity index (χ2v) is 9.12. The molecule has 0 aliphatic carbocycles. The number of carbonyl (C=O) groups excluding carboxylic acids is 3. The lowest BCUT2D eigenvalue weighted by Crippen LogP contribution is -2.44. The van der Waals surface area contributed by atoms with Crippen LogP contribution in [-0.4, -0.2) is 48.9 Å². The van der Waals surface area contributed by atoms with Crippen LogP contribution in [0.1, 0.15) is 61.5 Å². The number of esters is 1. The number of benzene rings is 2. The highest BCUT2D eigenvalue weighted by atomic mass is 16.5. The Labute approximate surface area is 201 Å². The molecule has 7 nitrogen and oxygen atoms in total. The van der Waals surface area contributed by atoms with Crippen LogP contribution >= 0.6 is 0 Å². The van der Waals surface area contributed by atoms with E-state index in [0.717, 1.165) is 23.4 Å². The summed E-state index contributed by atoms with van der Waals surface area (Å²) in [5.74, 6) is -0.189. The smallest absolute Gasteiger partial charge is 0.308 e. The van der Waals surface area contributed by atoms with Crippen LogP contribution in [0.3, 0.4) is 0 Å². The Morgan fingerprint density at radius 3 is 2.35 bits per heavy atom. The van der Waals surface area contributed by atoms with Gasteiger partial charge >= 0.3 is 5.97 Å². The minimum absolute atomic E-state index is 0.0137. The maximum absolute atomic E-state index is 12.9. The normalized spacial score (nSPS) is 20.4. The Hall–Kier alpha value is -3.35. The molecule has 2 atom stereocenters. The summed E-state index contributed by atoms with van der Waals surface area (Å²) in [6.45, 7) is 5.10. The third kappa shape index (κ3) is 4.79. The minimum atomic E-state index is -0.191. The van der Waals surface area contributed by atoms with E-state index in [4.69, 9.17) is 4.74 Å². The van der Waals surface area contributed by atoms with Gasteiger partial charge in [-0.15, -0.1) is 0 Å². The van der Waals surface area contributed by atoms with Crippen LogP contribution in [0.2, 0.25) is 0 Å². The molecule has 34 heavy (non-hydrogen) atoms. The zero-order valence-electron chi connectivity index (χ0n) is 20.1. The molecule has 2 heterocycles. The number of anilines is 2. The molecule has 180 valence electrons. The summed E-state index contributed by atoms with van der Waals surface area (Å²) in [6, 6.07) is 15.8. The predicted octanol–water partition coefficient (Wildman–Crippen LogP) is 4.40. The van der Waals surface area contributed by atoms with Crippen molar-refractivity contribution >= 4 is 29.2 Å². The number of piperidine rings is 1. The van der Waals surface area contributed by atoms with Crippen molar-refractivity contribution in [2.45, 2.75) is 51.6 Å². The highest BCUT2D eigenvalue weighted by Crippen LogP contribution is 2.39. The van der Waals surface area contributed by atoms with Gasteiger partial charge in [-0.1, -0.05) is 25.1 Å². The Morgan fingerprint density at radius 1 is 1.03 bits per heavy atom. The van der Waals surface area contributed by atoms with Gasteiger partial charge in [-0.05, 0) is 62.1 Å². The van der Waals surface area contributed by atoms with E-state index in [9.17, 15) is 14.4 Å². The van der Waals surface area contributed by atoms with E-state index in [-0.39, 0.29) is 35.8 Å². The van der Waals surface area contributed by atoms with Crippen molar-refractivity contribution in [2.24, 2.45) is 5.92 Å². The highest BCUT2D eigenvalue weighted by Gasteiger charge is 2.33. The van der Waals surface area contributed by atoms with Crippen LogP contribution in [0.25, 0.3) is 0 Å². The van der Waals surface area contributed by atoms with Gasteiger partial charge < -0.3 is 19.9 Å². The van der Waals surface area contributed by atoms with Gasteiger partial charge in [0.05, 0.1) is 19.1 Å². The number of nitrogens with one attached hydrogen (secondary N) is 1. The van der Waals surface area contributed by atoms with Crippen molar-refractivity contribution in [1.29, 1.82) is 0 Å². The molecular weight excluding hydrogens is 430 g/mol. The van der Waals surface area contributed by atoms with E-state index in [0.29, 0.717) is 37.9 Å². The van der Waals surface area contributed by atoms with Gasteiger partial charge in [0.2, 0.25) is 5.91 Å². The van der Waals surface area contributed by atoms with Crippen molar-refractivity contribution in [3.05, 3.63) is 59.7 Å². The largest absolute Gasteiger partial charge is 0.469 e. The first kappa shape index (κ1) is 23.8. The van der Waals surface area contributed by atoms with E-state index in [2.05, 4.69) is 18.3 Å². The van der Waals surface area contributed by atoms with Gasteiger partial charge in [-0.2, -0.15) is 0 Å². The summed E-state index contributed by atoms with van der Waals surface area (Å²) >= 11 is 0. The summed E-state index contributed by atoms with van der Waals surface area (Å²) in [7, 11) is 1.41. The number of methoxy groups -OCH3 is 1. The predicted molar refractivity (Wildman–Crippen MR) is 132 cm³/mol. The quantitative estimate of drug-likeness (QED) is 0.665. The van der Waals surface area contributed by atoms with Gasteiger partial charge in [0.1, 0.15) is 0 Å². The molecule has 0 aromatic heterocycles. The Kier molecular flexibility index (Phi) is 7.20. The molecule has 2 amide bonds. The standard InChI is InChI=1S/C27H33N3O4/c1-4-25(31)30-18(2)17-23(22-7-5-6-8-24(22)30)28-21-11-9-19(10-12-21)26(32)29-15-13-20(14-16-29)27(33)34-3/h5-12,18,20,23,28H,4,13-17H2,1-3H3/t18-,23+/m0/s1. The van der Waals surface area contributed by atoms with E-state index in [1.54, 1.807) is 4.90 Å². The SMILES string of the molecule is CCC(=O)N1c2ccccc2[C@H](Nc2ccc(C(=O)N3CCC(C(=O)OC)CC3)cc2)C[C@@H]1C. The van der Waals surface area contributed by atoms with Crippen LogP contribution in [-0.2, 0) is 14.3 Å². The average Bonchev–Trinajstić information content (AvgIpc) is 2.88. The second-order valence-electron chi connectivity index (χ2n) is 9.12. The molecule has 0 saturated carbocycles. The lowest BCUT2D eigenvalue weighted by Gasteiger charge is -2.40. The fourth-order valence-corrected chi connectivity index (χ4v) is 5.08. The Bertz CT molecular complexity index is 1040. The molecule has 2 aromatic carbocycles. The van der Waals surface area contributed by atoms with Gasteiger partial charge in [0.25, 0.3) is 5.91 Å². The zero-order valence-corrected chi connectivity index (χ0v) is 20.1. The van der Waals surface area contributed by atoms with E-state index in [1.807, 2.05) is 54.3 Å². The van der Waals surface area contributed by atoms with Crippen LogP contribution in [0.15, 0.2) is 48.5 Å². The number of hydrogen-bond acceptors (Lipinski definition) is 5. The van der Waals surface area contributed by atoms with Gasteiger partial charge in [-0.25, -0.2) is 0 Å². The summed E-state index contributed by atoms with van der Waals surface area (Å²) < 4.78 is 4.83. The van der Waals surface area contributed by atoms with Crippen LogP contribution in [0, 0.1) is 5.92 Å². The zero-order chi connectivity index (χ0) is 24.2. The van der Waals surface area contributed by atoms with Gasteiger partial charge in [0, 0.05) is 42.5 Å². The van der Waals surface area contributed by atoms with Gasteiger partial charge in [-0.3, -0.25) is 14.4 Å². The van der Waals surface area contributed by atoms with Crippen molar-refractivity contribution < 1.29 is 19.1 Å². The second kappa shape index (κ2) is 10.3. The molecule has 0 radical (unpaired) electrons. The number of likely N-dealkylation sites (tertiary alicyclic amines) is 1. The number of hydrogen-bond donors (Lipinski definition) is 1. The molecule has 7 heteroatoms. The third-order valence-electron chi connectivity index (χ3n) is 6.95. The molecule has 0 bridgehead atoms. The molecule has 2 aliphatic heterocycles. The lowest BCUT2D eigenvalue weighted by molar-refractivity contribution is -0.146. The first-order valence-corrected chi connectivity index (χ1v) is 12.1. The average molecular weight is 464 g/mol. The highest BCUT2D eigenvalue weighted by molar-refractivity contribution is 5.96. The van der Waals surface area contributed by atoms with Crippen LogP contribution in [0.5, 0.6) is 0 Å². The van der Waals surface area contributed by atoms with E-state index in [1.165, 1.54) is 7.11 Å². The maximum atomic E-state index is 12.9. The van der Waals surface area contributed by atoms with Gasteiger partial charge in [0.15, 0.2) is 0 Å². The summed E-state index contributed by atoms with van der Waals surface area (Å²) in [4.78, 5) is 40.9. The van der Waals surface area contributed by atoms with Crippen molar-refractivity contribution in [1.82, 2.24) is 4.90 Å². The molecule has 2 aromatic rings. The number of carbonyl (C=O) groups is 3. The first-order valence-electron chi connectivity index (χ1n) is 12.1. The minimum Gasteiger partial charge on any atom is -0.469 e. The van der Waals surface area contributed by atoms with Crippen molar-refractivity contribution in [3.63, 3.8) is 0 Å². The lowest BCUT2D eigenvalue weighted by atomic mass is 9.91. The molecule has 4 rings (SSSR count). The summed E-state index contributed by atoms with van der Waals surface area (Å²) in [5.41, 5.74) is 3.64. The van der Waals surface area contributed by atoms with Crippen molar-refractivity contribution in [3.8, 4) is 0 Å². The van der Waals surface area contributed by atoms with E-state index >= 15 is 0 Å². The number of para-hydroxylation sites is 1. The van der Waals surface area contributed by atoms with Crippen LogP contribution < -0.4 is 10.2 Å². The number of nitrogens with zero attached hydrogens (tertiary/aromatic N) is 2. The summed E-state index contributed by atoms with van der Waals surface area (Å²) in [5, 5.41) is 3.60. The molecule has 0 unspecified atom stereocenters. The molecular formula is C27H33N3O4. The fraction of sp³-hybridized carbons (Fsp3) is 0.444. The maximum Gasteiger partial charge on any atom is 0.308 e. The third-order valence-corrected chi connectivity index (χ3v) is 6.95. The topological polar surface area (TPSA) is 79.0 Å². The van der Waals surface area contributed by atoms with Crippen molar-refractivity contribution in [2.75, 3.05) is 30.4 Å². The first-order chi connectivity index (χ1) is 16.4. The molecule has 1 saturated heterocycles. The molecule has 0 spiro atoms. The number of ether oxygens (including phenoxy) is 1. The van der Waals surface area contributed by atoms with Crippen LogP contribution in [0.4, 0.5) is 11.4 Å².